The van der Waals surface area contributed by atoms with Gasteiger partial charge in [0, 0.05) is 16.0 Å². The first-order valence-electron chi connectivity index (χ1n) is 7.14. The van der Waals surface area contributed by atoms with E-state index in [1.54, 1.807) is 6.07 Å². The number of aromatic nitrogens is 2. The van der Waals surface area contributed by atoms with Crippen LogP contribution in [-0.2, 0) is 0 Å². The van der Waals surface area contributed by atoms with Crippen molar-refractivity contribution < 1.29 is 5.11 Å². The second kappa shape index (κ2) is 5.64. The summed E-state index contributed by atoms with van der Waals surface area (Å²) in [6.07, 6.45) is 3.16. The number of rotatable bonds is 2. The quantitative estimate of drug-likeness (QED) is 0.867. The molecule has 1 aromatic carbocycles. The Morgan fingerprint density at radius 2 is 2.10 bits per heavy atom. The minimum Gasteiger partial charge on any atom is -0.493 e. The van der Waals surface area contributed by atoms with Gasteiger partial charge in [-0.1, -0.05) is 41.1 Å². The van der Waals surface area contributed by atoms with Gasteiger partial charge >= 0.3 is 0 Å². The largest absolute Gasteiger partial charge is 0.493 e. The number of benzene rings is 1. The smallest absolute Gasteiger partial charge is 0.262 e. The second-order valence-corrected chi connectivity index (χ2v) is 6.60. The van der Waals surface area contributed by atoms with E-state index in [1.165, 1.54) is 0 Å². The zero-order chi connectivity index (χ0) is 15.0. The fraction of sp³-hybridized carbons (Fsp3) is 0.375. The van der Waals surface area contributed by atoms with Crippen molar-refractivity contribution in [2.24, 2.45) is 5.92 Å². The van der Waals surface area contributed by atoms with Gasteiger partial charge in [-0.15, -0.1) is 0 Å². The van der Waals surface area contributed by atoms with Crippen molar-refractivity contribution in [3.8, 4) is 17.0 Å². The third kappa shape index (κ3) is 2.75. The van der Waals surface area contributed by atoms with Gasteiger partial charge in [-0.2, -0.15) is 4.98 Å². The zero-order valence-corrected chi connectivity index (χ0v) is 13.4. The lowest BCUT2D eigenvalue weighted by molar-refractivity contribution is 0.445. The van der Waals surface area contributed by atoms with Crippen LogP contribution in [0.4, 0.5) is 0 Å². The molecular weight excluding hydrogens is 332 g/mol. The molecule has 0 aliphatic heterocycles. The molecule has 21 heavy (non-hydrogen) atoms. The number of halogens is 1. The summed E-state index contributed by atoms with van der Waals surface area (Å²) >= 11 is 3.40. The highest BCUT2D eigenvalue weighted by Crippen LogP contribution is 2.37. The van der Waals surface area contributed by atoms with Crippen molar-refractivity contribution in [3.05, 3.63) is 44.9 Å². The highest BCUT2D eigenvalue weighted by molar-refractivity contribution is 9.10. The van der Waals surface area contributed by atoms with Gasteiger partial charge in [-0.05, 0) is 31.2 Å². The van der Waals surface area contributed by atoms with Gasteiger partial charge in [-0.25, -0.2) is 0 Å². The van der Waals surface area contributed by atoms with Gasteiger partial charge in [0.25, 0.3) is 5.56 Å². The summed E-state index contributed by atoms with van der Waals surface area (Å²) in [5.41, 5.74) is 0.580. The highest BCUT2D eigenvalue weighted by atomic mass is 79.9. The van der Waals surface area contributed by atoms with Gasteiger partial charge in [0.1, 0.15) is 11.4 Å². The molecule has 1 fully saturated rings. The van der Waals surface area contributed by atoms with Crippen molar-refractivity contribution >= 4 is 15.9 Å². The van der Waals surface area contributed by atoms with E-state index >= 15 is 0 Å². The minimum atomic E-state index is -0.288. The molecule has 1 aromatic heterocycles. The molecule has 1 aliphatic rings. The first-order valence-corrected chi connectivity index (χ1v) is 7.93. The standard InChI is InChI=1S/C16H17BrN2O2/c1-9-6-7-10(8-9)14-18-15(20)13(16(21)19-14)11-4-2-3-5-12(11)17/h2-5,9-10H,6-8H2,1H3,(H2,18,19,20,21). The van der Waals surface area contributed by atoms with E-state index in [1.807, 2.05) is 18.2 Å². The summed E-state index contributed by atoms with van der Waals surface area (Å²) in [6, 6.07) is 7.31. The van der Waals surface area contributed by atoms with Crippen LogP contribution in [0.2, 0.25) is 0 Å². The molecule has 0 saturated heterocycles. The Bertz CT molecular complexity index is 726. The molecule has 0 radical (unpaired) electrons. The summed E-state index contributed by atoms with van der Waals surface area (Å²) < 4.78 is 0.759. The lowest BCUT2D eigenvalue weighted by atomic mass is 10.0. The van der Waals surface area contributed by atoms with Crippen LogP contribution in [0.1, 0.15) is 37.9 Å². The van der Waals surface area contributed by atoms with Crippen molar-refractivity contribution in [3.63, 3.8) is 0 Å². The maximum absolute atomic E-state index is 12.4. The highest BCUT2D eigenvalue weighted by Gasteiger charge is 2.26. The molecule has 1 heterocycles. The van der Waals surface area contributed by atoms with E-state index in [4.69, 9.17) is 0 Å². The molecule has 2 atom stereocenters. The van der Waals surface area contributed by atoms with Gasteiger partial charge in [0.15, 0.2) is 0 Å². The Morgan fingerprint density at radius 3 is 2.71 bits per heavy atom. The molecule has 3 rings (SSSR count). The lowest BCUT2D eigenvalue weighted by Crippen LogP contribution is -2.16. The summed E-state index contributed by atoms with van der Waals surface area (Å²) in [6.45, 7) is 2.20. The predicted octanol–water partition coefficient (Wildman–Crippen LogP) is 3.81. The van der Waals surface area contributed by atoms with Crippen LogP contribution in [0.3, 0.4) is 0 Å². The normalized spacial score (nSPS) is 21.6. The van der Waals surface area contributed by atoms with Gasteiger partial charge < -0.3 is 10.1 Å². The SMILES string of the molecule is CC1CCC(c2nc(O)c(-c3ccccc3Br)c(=O)[nH]2)C1. The Kier molecular flexibility index (Phi) is 3.85. The molecule has 0 spiro atoms. The van der Waals surface area contributed by atoms with Crippen LogP contribution in [0.15, 0.2) is 33.5 Å². The van der Waals surface area contributed by atoms with Crippen molar-refractivity contribution in [2.45, 2.75) is 32.1 Å². The molecule has 110 valence electrons. The number of aromatic hydroxyl groups is 1. The third-order valence-corrected chi connectivity index (χ3v) is 4.83. The second-order valence-electron chi connectivity index (χ2n) is 5.74. The van der Waals surface area contributed by atoms with Crippen LogP contribution in [0.5, 0.6) is 5.88 Å². The molecule has 4 nitrogen and oxygen atoms in total. The van der Waals surface area contributed by atoms with Crippen LogP contribution in [0, 0.1) is 5.92 Å². The molecule has 0 bridgehead atoms. The Morgan fingerprint density at radius 1 is 1.33 bits per heavy atom. The van der Waals surface area contributed by atoms with E-state index in [0.717, 1.165) is 23.7 Å². The minimum absolute atomic E-state index is 0.194. The van der Waals surface area contributed by atoms with E-state index in [-0.39, 0.29) is 22.9 Å². The van der Waals surface area contributed by atoms with E-state index in [2.05, 4.69) is 32.8 Å². The number of nitrogens with one attached hydrogen (secondary N) is 1. The number of hydrogen-bond acceptors (Lipinski definition) is 3. The summed E-state index contributed by atoms with van der Waals surface area (Å²) in [5, 5.41) is 10.2. The van der Waals surface area contributed by atoms with Gasteiger partial charge in [-0.3, -0.25) is 4.79 Å². The fourth-order valence-corrected chi connectivity index (χ4v) is 3.52. The Hall–Kier alpha value is -1.62. The third-order valence-electron chi connectivity index (χ3n) is 4.14. The molecule has 5 heteroatoms. The molecule has 2 unspecified atom stereocenters. The maximum Gasteiger partial charge on any atom is 0.262 e. The van der Waals surface area contributed by atoms with Gasteiger partial charge in [0.05, 0.1) is 0 Å². The van der Waals surface area contributed by atoms with Crippen molar-refractivity contribution in [2.75, 3.05) is 0 Å². The zero-order valence-electron chi connectivity index (χ0n) is 11.8. The lowest BCUT2D eigenvalue weighted by Gasteiger charge is -2.11. The van der Waals surface area contributed by atoms with E-state index in [0.29, 0.717) is 17.3 Å². The van der Waals surface area contributed by atoms with Crippen LogP contribution in [-0.4, -0.2) is 15.1 Å². The van der Waals surface area contributed by atoms with E-state index < -0.39 is 0 Å². The number of aromatic amines is 1. The molecule has 1 aliphatic carbocycles. The summed E-state index contributed by atoms with van der Waals surface area (Å²) in [7, 11) is 0. The first-order chi connectivity index (χ1) is 10.1. The van der Waals surface area contributed by atoms with Crippen LogP contribution in [0.25, 0.3) is 11.1 Å². The summed E-state index contributed by atoms with van der Waals surface area (Å²) in [5.74, 6) is 1.30. The molecule has 1 saturated carbocycles. The molecule has 0 amide bonds. The maximum atomic E-state index is 12.4. The summed E-state index contributed by atoms with van der Waals surface area (Å²) in [4.78, 5) is 19.5. The topological polar surface area (TPSA) is 66.0 Å². The number of H-pyrrole nitrogens is 1. The predicted molar refractivity (Wildman–Crippen MR) is 85.4 cm³/mol. The van der Waals surface area contributed by atoms with Crippen molar-refractivity contribution in [1.82, 2.24) is 9.97 Å². The average Bonchev–Trinajstić information content (AvgIpc) is 2.87. The Labute approximate surface area is 131 Å². The van der Waals surface area contributed by atoms with Crippen molar-refractivity contribution in [1.29, 1.82) is 0 Å². The van der Waals surface area contributed by atoms with Crippen LogP contribution < -0.4 is 5.56 Å². The Balaban J connectivity index is 2.05. The number of nitrogens with zero attached hydrogens (tertiary/aromatic N) is 1. The average molecular weight is 349 g/mol. The van der Waals surface area contributed by atoms with E-state index in [9.17, 15) is 9.90 Å². The molecule has 2 aromatic rings. The fourth-order valence-electron chi connectivity index (χ4n) is 3.03. The monoisotopic (exact) mass is 348 g/mol. The van der Waals surface area contributed by atoms with Gasteiger partial charge in [0.2, 0.25) is 5.88 Å². The first kappa shape index (κ1) is 14.3. The molecule has 2 N–H and O–H groups in total. The molecular formula is C16H17BrN2O2. The van der Waals surface area contributed by atoms with Crippen LogP contribution >= 0.6 is 15.9 Å². The number of hydrogen-bond donors (Lipinski definition) is 2.